The van der Waals surface area contributed by atoms with E-state index >= 15 is 0 Å². The van der Waals surface area contributed by atoms with Crippen LogP contribution >= 0.6 is 0 Å². The van der Waals surface area contributed by atoms with Gasteiger partial charge in [-0.15, -0.1) is 0 Å². The fourth-order valence-corrected chi connectivity index (χ4v) is 2.97. The third-order valence-electron chi connectivity index (χ3n) is 4.20. The third-order valence-corrected chi connectivity index (χ3v) is 4.20. The number of amides is 1. The Morgan fingerprint density at radius 3 is 2.96 bits per heavy atom. The molecule has 3 rings (SSSR count). The maximum Gasteiger partial charge on any atom is 0.227 e. The number of anilines is 1. The average molecular weight is 324 g/mol. The van der Waals surface area contributed by atoms with E-state index in [9.17, 15) is 4.79 Å². The Kier molecular flexibility index (Phi) is 5.49. The van der Waals surface area contributed by atoms with E-state index < -0.39 is 0 Å². The fraction of sp³-hybridized carbons (Fsp3) is 0.350. The van der Waals surface area contributed by atoms with Crippen molar-refractivity contribution in [2.45, 2.75) is 26.3 Å². The van der Waals surface area contributed by atoms with Gasteiger partial charge in [-0.1, -0.05) is 30.3 Å². The minimum absolute atomic E-state index is 0.166. The van der Waals surface area contributed by atoms with E-state index in [1.807, 2.05) is 54.3 Å². The Bertz CT molecular complexity index is 700. The molecule has 0 radical (unpaired) electrons. The Morgan fingerprint density at radius 1 is 1.21 bits per heavy atom. The third kappa shape index (κ3) is 4.15. The molecule has 1 aliphatic heterocycles. The lowest BCUT2D eigenvalue weighted by Crippen LogP contribution is -2.34. The smallest absolute Gasteiger partial charge is 0.227 e. The standard InChI is InChI=1S/C20H24N2O2/c1-16-6-4-8-18(14-16)24-13-5-10-20(23)22-12-11-21-15-17-7-2-3-9-19(17)22/h2-4,6-9,14,21H,5,10-13,15H2,1H3. The maximum atomic E-state index is 12.6. The number of para-hydroxylation sites is 1. The van der Waals surface area contributed by atoms with Crippen molar-refractivity contribution in [1.29, 1.82) is 0 Å². The van der Waals surface area contributed by atoms with Gasteiger partial charge in [-0.05, 0) is 42.7 Å². The van der Waals surface area contributed by atoms with Crippen LogP contribution in [0.2, 0.25) is 0 Å². The molecule has 0 spiro atoms. The first-order chi connectivity index (χ1) is 11.7. The SMILES string of the molecule is Cc1cccc(OCCCC(=O)N2CCNCc3ccccc32)c1. The summed E-state index contributed by atoms with van der Waals surface area (Å²) in [5, 5.41) is 3.36. The number of fused-ring (bicyclic) bond motifs is 1. The number of ether oxygens (including phenoxy) is 1. The first kappa shape index (κ1) is 16.5. The molecule has 1 heterocycles. The second-order valence-electron chi connectivity index (χ2n) is 6.12. The van der Waals surface area contributed by atoms with Crippen molar-refractivity contribution in [3.63, 3.8) is 0 Å². The van der Waals surface area contributed by atoms with E-state index in [2.05, 4.69) is 11.4 Å². The predicted molar refractivity (Wildman–Crippen MR) is 96.4 cm³/mol. The summed E-state index contributed by atoms with van der Waals surface area (Å²) >= 11 is 0. The molecule has 0 bridgehead atoms. The summed E-state index contributed by atoms with van der Waals surface area (Å²) in [6.45, 7) is 4.95. The van der Waals surface area contributed by atoms with Gasteiger partial charge in [0.15, 0.2) is 0 Å². The second kappa shape index (κ2) is 7.97. The summed E-state index contributed by atoms with van der Waals surface area (Å²) in [5.41, 5.74) is 3.39. The normalized spacial score (nSPS) is 14.0. The van der Waals surface area contributed by atoms with Gasteiger partial charge in [-0.2, -0.15) is 0 Å². The lowest BCUT2D eigenvalue weighted by Gasteiger charge is -2.22. The summed E-state index contributed by atoms with van der Waals surface area (Å²) < 4.78 is 5.74. The zero-order valence-corrected chi connectivity index (χ0v) is 14.1. The van der Waals surface area contributed by atoms with E-state index in [-0.39, 0.29) is 5.91 Å². The number of rotatable bonds is 5. The summed E-state index contributed by atoms with van der Waals surface area (Å²) in [4.78, 5) is 14.5. The number of aryl methyl sites for hydroxylation is 1. The molecule has 1 N–H and O–H groups in total. The monoisotopic (exact) mass is 324 g/mol. The number of hydrogen-bond acceptors (Lipinski definition) is 3. The zero-order chi connectivity index (χ0) is 16.8. The molecule has 0 unspecified atom stereocenters. The fourth-order valence-electron chi connectivity index (χ4n) is 2.97. The van der Waals surface area contributed by atoms with Gasteiger partial charge in [-0.3, -0.25) is 4.79 Å². The number of hydrogen-bond donors (Lipinski definition) is 1. The largest absolute Gasteiger partial charge is 0.494 e. The molecular weight excluding hydrogens is 300 g/mol. The number of nitrogens with one attached hydrogen (secondary N) is 1. The Morgan fingerprint density at radius 2 is 2.08 bits per heavy atom. The van der Waals surface area contributed by atoms with E-state index in [4.69, 9.17) is 4.74 Å². The van der Waals surface area contributed by atoms with Gasteiger partial charge in [0, 0.05) is 31.7 Å². The van der Waals surface area contributed by atoms with Crippen LogP contribution in [0, 0.1) is 6.92 Å². The van der Waals surface area contributed by atoms with Crippen molar-refractivity contribution in [3.8, 4) is 5.75 Å². The van der Waals surface area contributed by atoms with E-state index in [0.29, 0.717) is 19.6 Å². The molecule has 2 aromatic rings. The summed E-state index contributed by atoms with van der Waals surface area (Å²) in [6.07, 6.45) is 1.22. The van der Waals surface area contributed by atoms with Crippen LogP contribution < -0.4 is 15.0 Å². The highest BCUT2D eigenvalue weighted by molar-refractivity contribution is 5.94. The molecule has 0 aliphatic carbocycles. The first-order valence-corrected chi connectivity index (χ1v) is 8.52. The molecule has 2 aromatic carbocycles. The first-order valence-electron chi connectivity index (χ1n) is 8.52. The molecule has 0 fully saturated rings. The van der Waals surface area contributed by atoms with E-state index in [1.54, 1.807) is 0 Å². The van der Waals surface area contributed by atoms with Crippen molar-refractivity contribution in [2.75, 3.05) is 24.6 Å². The summed E-state index contributed by atoms with van der Waals surface area (Å²) in [6, 6.07) is 16.1. The predicted octanol–water partition coefficient (Wildman–Crippen LogP) is 3.29. The van der Waals surface area contributed by atoms with Crippen LogP contribution in [0.25, 0.3) is 0 Å². The van der Waals surface area contributed by atoms with Crippen molar-refractivity contribution in [3.05, 3.63) is 59.7 Å². The van der Waals surface area contributed by atoms with Crippen molar-refractivity contribution in [2.24, 2.45) is 0 Å². The van der Waals surface area contributed by atoms with Crippen molar-refractivity contribution in [1.82, 2.24) is 5.32 Å². The van der Waals surface area contributed by atoms with Crippen LogP contribution in [0.4, 0.5) is 5.69 Å². The van der Waals surface area contributed by atoms with E-state index in [0.717, 1.165) is 30.9 Å². The molecule has 24 heavy (non-hydrogen) atoms. The van der Waals surface area contributed by atoms with E-state index in [1.165, 1.54) is 11.1 Å². The second-order valence-corrected chi connectivity index (χ2v) is 6.12. The van der Waals surface area contributed by atoms with Gasteiger partial charge in [0.1, 0.15) is 5.75 Å². The van der Waals surface area contributed by atoms with Crippen LogP contribution in [-0.4, -0.2) is 25.6 Å². The van der Waals surface area contributed by atoms with Gasteiger partial charge in [0.05, 0.1) is 6.61 Å². The maximum absolute atomic E-state index is 12.6. The molecule has 4 heteroatoms. The van der Waals surface area contributed by atoms with Crippen LogP contribution in [0.3, 0.4) is 0 Å². The highest BCUT2D eigenvalue weighted by Gasteiger charge is 2.20. The van der Waals surface area contributed by atoms with Gasteiger partial charge < -0.3 is 15.0 Å². The van der Waals surface area contributed by atoms with Crippen molar-refractivity contribution < 1.29 is 9.53 Å². The lowest BCUT2D eigenvalue weighted by atomic mass is 10.1. The van der Waals surface area contributed by atoms with Gasteiger partial charge in [-0.25, -0.2) is 0 Å². The number of carbonyl (C=O) groups excluding carboxylic acids is 1. The molecule has 0 saturated heterocycles. The topological polar surface area (TPSA) is 41.6 Å². The molecule has 0 aromatic heterocycles. The van der Waals surface area contributed by atoms with Gasteiger partial charge in [0.25, 0.3) is 0 Å². The van der Waals surface area contributed by atoms with Crippen LogP contribution in [0.15, 0.2) is 48.5 Å². The molecule has 0 saturated carbocycles. The Labute approximate surface area is 143 Å². The molecule has 0 atom stereocenters. The molecule has 4 nitrogen and oxygen atoms in total. The molecule has 1 aliphatic rings. The molecule has 1 amide bonds. The van der Waals surface area contributed by atoms with Gasteiger partial charge in [0.2, 0.25) is 5.91 Å². The molecular formula is C20H24N2O2. The Balaban J connectivity index is 1.53. The summed E-state index contributed by atoms with van der Waals surface area (Å²) in [7, 11) is 0. The number of nitrogens with zero attached hydrogens (tertiary/aromatic N) is 1. The quantitative estimate of drug-likeness (QED) is 0.858. The van der Waals surface area contributed by atoms with Crippen molar-refractivity contribution >= 4 is 11.6 Å². The zero-order valence-electron chi connectivity index (χ0n) is 14.1. The van der Waals surface area contributed by atoms with Crippen LogP contribution in [-0.2, 0) is 11.3 Å². The highest BCUT2D eigenvalue weighted by atomic mass is 16.5. The number of carbonyl (C=O) groups is 1. The van der Waals surface area contributed by atoms with Crippen LogP contribution in [0.1, 0.15) is 24.0 Å². The minimum atomic E-state index is 0.166. The lowest BCUT2D eigenvalue weighted by molar-refractivity contribution is -0.118. The minimum Gasteiger partial charge on any atom is -0.494 e. The summed E-state index contributed by atoms with van der Waals surface area (Å²) in [5.74, 6) is 1.03. The average Bonchev–Trinajstić information content (AvgIpc) is 2.81. The molecule has 126 valence electrons. The van der Waals surface area contributed by atoms with Crippen LogP contribution in [0.5, 0.6) is 5.75 Å². The highest BCUT2D eigenvalue weighted by Crippen LogP contribution is 2.23. The van der Waals surface area contributed by atoms with Gasteiger partial charge >= 0.3 is 0 Å². The Hall–Kier alpha value is -2.33. The number of benzene rings is 2.